The molecule has 0 unspecified atom stereocenters. The lowest BCUT2D eigenvalue weighted by molar-refractivity contribution is -0.121. The zero-order valence-corrected chi connectivity index (χ0v) is 11.4. The molecule has 0 saturated heterocycles. The van der Waals surface area contributed by atoms with Gasteiger partial charge >= 0.3 is 0 Å². The van der Waals surface area contributed by atoms with Crippen molar-refractivity contribution in [3.05, 3.63) is 0 Å². The van der Waals surface area contributed by atoms with Gasteiger partial charge in [0.15, 0.2) is 0 Å². The number of ketones is 2. The summed E-state index contributed by atoms with van der Waals surface area (Å²) in [5, 5.41) is 0. The van der Waals surface area contributed by atoms with E-state index in [1.807, 2.05) is 0 Å². The molecular weight excluding hydrogens is 222 g/mol. The highest BCUT2D eigenvalue weighted by Gasteiger charge is 1.91. The van der Waals surface area contributed by atoms with Crippen molar-refractivity contribution < 1.29 is 14.4 Å². The highest BCUT2D eigenvalue weighted by molar-refractivity contribution is 5.74. The van der Waals surface area contributed by atoms with Gasteiger partial charge in [-0.05, 0) is 27.7 Å². The molecule has 6 nitrogen and oxygen atoms in total. The molecule has 0 aliphatic rings. The van der Waals surface area contributed by atoms with E-state index >= 15 is 0 Å². The zero-order chi connectivity index (χ0) is 14.3. The Labute approximate surface area is 103 Å². The number of carbonyl (C=O) groups excluding carboxylic acids is 3. The second-order valence-corrected chi connectivity index (χ2v) is 3.43. The normalized spacial score (nSPS) is 7.88. The van der Waals surface area contributed by atoms with Crippen LogP contribution in [0.2, 0.25) is 0 Å². The number of nitrogens with two attached hydrogens (primary N) is 1. The van der Waals surface area contributed by atoms with Gasteiger partial charge in [-0.1, -0.05) is 6.92 Å². The quantitative estimate of drug-likeness (QED) is 0.485. The van der Waals surface area contributed by atoms with Crippen molar-refractivity contribution in [3.63, 3.8) is 0 Å². The van der Waals surface area contributed by atoms with Gasteiger partial charge in [-0.25, -0.2) is 5.43 Å². The predicted octanol–water partition coefficient (Wildman–Crippen LogP) is 0.167. The number of nitrogens with one attached hydrogen (secondary N) is 2. The molecule has 102 valence electrons. The summed E-state index contributed by atoms with van der Waals surface area (Å²) in [6, 6.07) is 0. The zero-order valence-electron chi connectivity index (χ0n) is 11.4. The topological polar surface area (TPSA) is 101 Å². The Hall–Kier alpha value is -1.27. The molecule has 0 aromatic rings. The first-order chi connectivity index (χ1) is 7.77. The summed E-state index contributed by atoms with van der Waals surface area (Å²) < 4.78 is 0. The van der Waals surface area contributed by atoms with E-state index in [9.17, 15) is 14.4 Å². The summed E-state index contributed by atoms with van der Waals surface area (Å²) >= 11 is 0. The second-order valence-electron chi connectivity index (χ2n) is 3.43. The van der Waals surface area contributed by atoms with Crippen LogP contribution < -0.4 is 16.6 Å². The van der Waals surface area contributed by atoms with Crippen LogP contribution in [-0.4, -0.2) is 30.6 Å². The number of hydrogen-bond acceptors (Lipinski definition) is 5. The van der Waals surface area contributed by atoms with Crippen LogP contribution in [0, 0.1) is 0 Å². The third-order valence-electron chi connectivity index (χ3n) is 0.818. The van der Waals surface area contributed by atoms with Gasteiger partial charge in [0.25, 0.3) is 0 Å². The maximum Gasteiger partial charge on any atom is 0.233 e. The molecule has 0 aliphatic heterocycles. The first kappa shape index (κ1) is 21.1. The Bertz CT molecular complexity index is 198. The van der Waals surface area contributed by atoms with E-state index in [0.717, 1.165) is 0 Å². The van der Waals surface area contributed by atoms with Gasteiger partial charge in [0.2, 0.25) is 5.91 Å². The fourth-order valence-corrected chi connectivity index (χ4v) is 0.322. The van der Waals surface area contributed by atoms with Crippen LogP contribution in [0.5, 0.6) is 0 Å². The molecule has 0 atom stereocenters. The van der Waals surface area contributed by atoms with Crippen LogP contribution in [0.3, 0.4) is 0 Å². The molecule has 0 saturated carbocycles. The largest absolute Gasteiger partial charge is 0.329 e. The number of hydrazine groups is 1. The van der Waals surface area contributed by atoms with Crippen molar-refractivity contribution in [1.29, 1.82) is 0 Å². The van der Waals surface area contributed by atoms with Gasteiger partial charge < -0.3 is 15.3 Å². The van der Waals surface area contributed by atoms with E-state index in [0.29, 0.717) is 19.5 Å². The number of carbonyl (C=O) groups is 3. The lowest BCUT2D eigenvalue weighted by atomic mass is 10.5. The fraction of sp³-hybridized carbons (Fsp3) is 0.727. The van der Waals surface area contributed by atoms with Crippen LogP contribution in [0.1, 0.15) is 41.0 Å². The third kappa shape index (κ3) is 72.7. The van der Waals surface area contributed by atoms with Crippen molar-refractivity contribution in [2.45, 2.75) is 41.0 Å². The molecule has 0 spiro atoms. The van der Waals surface area contributed by atoms with Crippen molar-refractivity contribution in [1.82, 2.24) is 10.9 Å². The molecule has 0 rings (SSSR count). The van der Waals surface area contributed by atoms with Gasteiger partial charge in [-0.2, -0.15) is 0 Å². The van der Waals surface area contributed by atoms with Crippen LogP contribution in [0.25, 0.3) is 0 Å². The molecular formula is C11H25N3O3. The molecule has 0 bridgehead atoms. The van der Waals surface area contributed by atoms with E-state index in [2.05, 4.69) is 10.9 Å². The Morgan fingerprint density at radius 1 is 1.00 bits per heavy atom. The number of amides is 1. The summed E-state index contributed by atoms with van der Waals surface area (Å²) in [6.45, 7) is 9.05. The molecule has 0 aromatic heterocycles. The average molecular weight is 247 g/mol. The third-order valence-corrected chi connectivity index (χ3v) is 0.818. The smallest absolute Gasteiger partial charge is 0.233 e. The van der Waals surface area contributed by atoms with Crippen LogP contribution in [0.4, 0.5) is 0 Å². The molecule has 0 fully saturated rings. The van der Waals surface area contributed by atoms with E-state index in [1.54, 1.807) is 6.92 Å². The Kier molecular flexibility index (Phi) is 21.2. The van der Waals surface area contributed by atoms with Crippen LogP contribution in [-0.2, 0) is 14.4 Å². The van der Waals surface area contributed by atoms with Gasteiger partial charge in [0.05, 0.1) is 0 Å². The average Bonchev–Trinajstić information content (AvgIpc) is 2.16. The molecule has 17 heavy (non-hydrogen) atoms. The number of Topliss-reactive ketones (excluding diaryl/α,β-unsaturated/α-hetero) is 2. The van der Waals surface area contributed by atoms with Crippen molar-refractivity contribution in [2.75, 3.05) is 13.1 Å². The molecule has 0 heterocycles. The monoisotopic (exact) mass is 247 g/mol. The Balaban J connectivity index is -0.000000205. The van der Waals surface area contributed by atoms with Crippen LogP contribution >= 0.6 is 0 Å². The van der Waals surface area contributed by atoms with E-state index in [-0.39, 0.29) is 17.5 Å². The van der Waals surface area contributed by atoms with Crippen LogP contribution in [0.15, 0.2) is 0 Å². The standard InChI is InChI=1S/C5H13N3O.2C3H6O/c1-2-5(9)8-7-4-3-6;2*1-3(2)4/h7H,2-4,6H2,1H3,(H,8,9);2*1-2H3. The first-order valence-electron chi connectivity index (χ1n) is 5.43. The fourth-order valence-electron chi connectivity index (χ4n) is 0.322. The van der Waals surface area contributed by atoms with E-state index in [4.69, 9.17) is 5.73 Å². The number of rotatable bonds is 4. The minimum atomic E-state index is -0.0107. The molecule has 4 N–H and O–H groups in total. The summed E-state index contributed by atoms with van der Waals surface area (Å²) in [5.74, 6) is 0.323. The molecule has 0 aliphatic carbocycles. The maximum absolute atomic E-state index is 10.5. The minimum Gasteiger partial charge on any atom is -0.329 e. The molecule has 0 radical (unpaired) electrons. The SMILES string of the molecule is CC(C)=O.CC(C)=O.CCC(=O)NNCCN. The number of hydrogen-bond donors (Lipinski definition) is 3. The molecule has 0 aromatic carbocycles. The second kappa shape index (κ2) is 17.1. The van der Waals surface area contributed by atoms with Crippen molar-refractivity contribution in [3.8, 4) is 0 Å². The Morgan fingerprint density at radius 3 is 1.59 bits per heavy atom. The summed E-state index contributed by atoms with van der Waals surface area (Å²) in [5.41, 5.74) is 10.3. The van der Waals surface area contributed by atoms with Crippen molar-refractivity contribution >= 4 is 17.5 Å². The Morgan fingerprint density at radius 2 is 1.35 bits per heavy atom. The highest BCUT2D eigenvalue weighted by atomic mass is 16.2. The van der Waals surface area contributed by atoms with Crippen molar-refractivity contribution in [2.24, 2.45) is 5.73 Å². The minimum absolute atomic E-state index is 0.0107. The van der Waals surface area contributed by atoms with E-state index in [1.165, 1.54) is 27.7 Å². The lowest BCUT2D eigenvalue weighted by Gasteiger charge is -2.02. The maximum atomic E-state index is 10.5. The summed E-state index contributed by atoms with van der Waals surface area (Å²) in [6.07, 6.45) is 0.498. The highest BCUT2D eigenvalue weighted by Crippen LogP contribution is 1.69. The van der Waals surface area contributed by atoms with E-state index < -0.39 is 0 Å². The molecule has 1 amide bonds. The first-order valence-corrected chi connectivity index (χ1v) is 5.43. The predicted molar refractivity (Wildman–Crippen MR) is 68.2 cm³/mol. The van der Waals surface area contributed by atoms with Gasteiger partial charge in [0, 0.05) is 19.5 Å². The lowest BCUT2D eigenvalue weighted by Crippen LogP contribution is -2.39. The van der Waals surface area contributed by atoms with Gasteiger partial charge in [-0.15, -0.1) is 0 Å². The van der Waals surface area contributed by atoms with Gasteiger partial charge in [-0.3, -0.25) is 10.2 Å². The summed E-state index contributed by atoms with van der Waals surface area (Å²) in [4.78, 5) is 29.4. The summed E-state index contributed by atoms with van der Waals surface area (Å²) in [7, 11) is 0. The van der Waals surface area contributed by atoms with Gasteiger partial charge in [0.1, 0.15) is 11.6 Å². The molecule has 6 heteroatoms.